The third kappa shape index (κ3) is 2.96. The van der Waals surface area contributed by atoms with Crippen LogP contribution in [0.2, 0.25) is 0 Å². The Morgan fingerprint density at radius 1 is 1.35 bits per heavy atom. The molecule has 1 aromatic carbocycles. The van der Waals surface area contributed by atoms with E-state index in [1.165, 1.54) is 0 Å². The molecule has 1 aliphatic rings. The minimum atomic E-state index is -0.708. The number of carbonyl (C=O) groups is 1. The standard InChI is InChI=1S/C13H13Br3N2OS/c1-6-4-13(5-6,11(17)20)12(19)18-10-8(15)2-7(14)3-9(10)16/h2-3,6H,4-5H2,1H3,(H2,17,20)(H,18,19). The molecule has 0 heterocycles. The molecule has 7 heteroatoms. The minimum Gasteiger partial charge on any atom is -0.392 e. The molecule has 1 amide bonds. The van der Waals surface area contributed by atoms with Gasteiger partial charge < -0.3 is 11.1 Å². The Hall–Kier alpha value is 0.0200. The highest BCUT2D eigenvalue weighted by atomic mass is 79.9. The maximum Gasteiger partial charge on any atom is 0.237 e. The molecule has 0 spiro atoms. The summed E-state index contributed by atoms with van der Waals surface area (Å²) >= 11 is 15.4. The largest absolute Gasteiger partial charge is 0.392 e. The number of rotatable bonds is 3. The first-order chi connectivity index (χ1) is 9.26. The predicted molar refractivity (Wildman–Crippen MR) is 95.8 cm³/mol. The summed E-state index contributed by atoms with van der Waals surface area (Å²) in [5, 5.41) is 2.93. The van der Waals surface area contributed by atoms with Crippen LogP contribution in [0.4, 0.5) is 5.69 Å². The molecule has 0 bridgehead atoms. The third-order valence-corrected chi connectivity index (χ3v) is 5.64. The summed E-state index contributed by atoms with van der Waals surface area (Å²) in [7, 11) is 0. The average molecular weight is 485 g/mol. The Morgan fingerprint density at radius 2 is 1.85 bits per heavy atom. The van der Waals surface area contributed by atoms with Crippen LogP contribution in [0.5, 0.6) is 0 Å². The van der Waals surface area contributed by atoms with E-state index in [2.05, 4.69) is 60.0 Å². The molecule has 1 aromatic rings. The van der Waals surface area contributed by atoms with Crippen LogP contribution in [0.1, 0.15) is 19.8 Å². The number of hydrogen-bond acceptors (Lipinski definition) is 2. The van der Waals surface area contributed by atoms with Gasteiger partial charge in [0, 0.05) is 13.4 Å². The van der Waals surface area contributed by atoms with Crippen LogP contribution in [0.3, 0.4) is 0 Å². The van der Waals surface area contributed by atoms with Gasteiger partial charge in [-0.3, -0.25) is 4.79 Å². The molecule has 0 aliphatic heterocycles. The molecule has 0 unspecified atom stereocenters. The third-order valence-electron chi connectivity index (χ3n) is 3.55. The van der Waals surface area contributed by atoms with Crippen LogP contribution in [0.25, 0.3) is 0 Å². The topological polar surface area (TPSA) is 55.1 Å². The molecular formula is C13H13Br3N2OS. The van der Waals surface area contributed by atoms with Crippen molar-refractivity contribution in [1.82, 2.24) is 0 Å². The molecule has 1 saturated carbocycles. The number of halogens is 3. The van der Waals surface area contributed by atoms with Crippen molar-refractivity contribution in [3.63, 3.8) is 0 Å². The van der Waals surface area contributed by atoms with Crippen molar-refractivity contribution in [2.45, 2.75) is 19.8 Å². The maximum absolute atomic E-state index is 12.6. The van der Waals surface area contributed by atoms with Gasteiger partial charge in [0.05, 0.1) is 16.1 Å². The van der Waals surface area contributed by atoms with Crippen LogP contribution in [0, 0.1) is 11.3 Å². The molecule has 0 radical (unpaired) electrons. The second-order valence-corrected chi connectivity index (χ2v) is 8.22. The van der Waals surface area contributed by atoms with Crippen molar-refractivity contribution >= 4 is 76.6 Å². The summed E-state index contributed by atoms with van der Waals surface area (Å²) in [5.74, 6) is 0.339. The van der Waals surface area contributed by atoms with Gasteiger partial charge in [-0.1, -0.05) is 35.1 Å². The summed E-state index contributed by atoms with van der Waals surface area (Å²) in [5.41, 5.74) is 5.77. The predicted octanol–water partition coefficient (Wildman–Crippen LogP) is 4.62. The molecule has 3 N–H and O–H groups in total. The number of carbonyl (C=O) groups excluding carboxylic acids is 1. The van der Waals surface area contributed by atoms with Gasteiger partial charge in [0.25, 0.3) is 0 Å². The fraction of sp³-hybridized carbons (Fsp3) is 0.385. The Labute approximate surface area is 148 Å². The number of anilines is 1. The fourth-order valence-corrected chi connectivity index (χ4v) is 5.24. The number of thiocarbonyl (C=S) groups is 1. The molecule has 1 fully saturated rings. The summed E-state index contributed by atoms with van der Waals surface area (Å²) < 4.78 is 2.49. The highest BCUT2D eigenvalue weighted by Gasteiger charge is 2.51. The van der Waals surface area contributed by atoms with Crippen molar-refractivity contribution in [1.29, 1.82) is 0 Å². The highest BCUT2D eigenvalue weighted by molar-refractivity contribution is 9.11. The fourth-order valence-electron chi connectivity index (χ4n) is 2.52. The van der Waals surface area contributed by atoms with Gasteiger partial charge in [0.15, 0.2) is 0 Å². The van der Waals surface area contributed by atoms with E-state index in [0.29, 0.717) is 24.4 Å². The Kier molecular flexibility index (Phi) is 4.94. The van der Waals surface area contributed by atoms with Crippen molar-refractivity contribution < 1.29 is 4.79 Å². The van der Waals surface area contributed by atoms with Crippen molar-refractivity contribution in [2.75, 3.05) is 5.32 Å². The van der Waals surface area contributed by atoms with Crippen molar-refractivity contribution in [2.24, 2.45) is 17.1 Å². The first-order valence-electron chi connectivity index (χ1n) is 6.02. The molecule has 20 heavy (non-hydrogen) atoms. The molecular weight excluding hydrogens is 472 g/mol. The first-order valence-corrected chi connectivity index (χ1v) is 8.81. The van der Waals surface area contributed by atoms with Gasteiger partial charge in [0.2, 0.25) is 5.91 Å². The van der Waals surface area contributed by atoms with Gasteiger partial charge in [-0.25, -0.2) is 0 Å². The Balaban J connectivity index is 2.26. The zero-order valence-corrected chi connectivity index (χ0v) is 16.2. The van der Waals surface area contributed by atoms with Gasteiger partial charge in [-0.2, -0.15) is 0 Å². The van der Waals surface area contributed by atoms with E-state index in [1.807, 2.05) is 12.1 Å². The van der Waals surface area contributed by atoms with Crippen LogP contribution in [0.15, 0.2) is 25.6 Å². The van der Waals surface area contributed by atoms with Gasteiger partial charge in [-0.05, 0) is 62.8 Å². The van der Waals surface area contributed by atoms with E-state index in [4.69, 9.17) is 18.0 Å². The smallest absolute Gasteiger partial charge is 0.237 e. The lowest BCUT2D eigenvalue weighted by atomic mass is 9.62. The second-order valence-electron chi connectivity index (χ2n) is 5.16. The number of nitrogens with one attached hydrogen (secondary N) is 1. The quantitative estimate of drug-likeness (QED) is 0.616. The van der Waals surface area contributed by atoms with Crippen molar-refractivity contribution in [3.05, 3.63) is 25.6 Å². The van der Waals surface area contributed by atoms with E-state index < -0.39 is 5.41 Å². The molecule has 0 saturated heterocycles. The van der Waals surface area contributed by atoms with E-state index in [0.717, 1.165) is 13.4 Å². The monoisotopic (exact) mass is 482 g/mol. The molecule has 108 valence electrons. The lowest BCUT2D eigenvalue weighted by Crippen LogP contribution is -2.53. The normalized spacial score (nSPS) is 24.9. The summed E-state index contributed by atoms with van der Waals surface area (Å²) in [6.07, 6.45) is 1.42. The van der Waals surface area contributed by atoms with Crippen molar-refractivity contribution in [3.8, 4) is 0 Å². The highest BCUT2D eigenvalue weighted by Crippen LogP contribution is 2.47. The number of hydrogen-bond donors (Lipinski definition) is 2. The zero-order chi connectivity index (χ0) is 15.1. The summed E-state index contributed by atoms with van der Waals surface area (Å²) in [6, 6.07) is 3.74. The summed E-state index contributed by atoms with van der Waals surface area (Å²) in [6.45, 7) is 2.09. The Morgan fingerprint density at radius 3 is 2.25 bits per heavy atom. The van der Waals surface area contributed by atoms with Crippen LogP contribution >= 0.6 is 60.0 Å². The van der Waals surface area contributed by atoms with Crippen LogP contribution < -0.4 is 11.1 Å². The number of benzene rings is 1. The summed E-state index contributed by atoms with van der Waals surface area (Å²) in [4.78, 5) is 12.8. The lowest BCUT2D eigenvalue weighted by molar-refractivity contribution is -0.127. The molecule has 1 aliphatic carbocycles. The Bertz CT molecular complexity index is 562. The van der Waals surface area contributed by atoms with E-state index in [1.54, 1.807) is 0 Å². The molecule has 0 atom stereocenters. The molecule has 2 rings (SSSR count). The SMILES string of the molecule is CC1CC(C(=O)Nc2c(Br)cc(Br)cc2Br)(C(N)=S)C1. The second kappa shape index (κ2) is 6.02. The molecule has 0 aromatic heterocycles. The van der Waals surface area contributed by atoms with E-state index in [9.17, 15) is 4.79 Å². The number of nitrogens with two attached hydrogens (primary N) is 1. The van der Waals surface area contributed by atoms with Gasteiger partial charge >= 0.3 is 0 Å². The average Bonchev–Trinajstić information content (AvgIpc) is 2.28. The lowest BCUT2D eigenvalue weighted by Gasteiger charge is -2.44. The molecule has 3 nitrogen and oxygen atoms in total. The van der Waals surface area contributed by atoms with Gasteiger partial charge in [-0.15, -0.1) is 0 Å². The first kappa shape index (κ1) is 16.4. The number of amides is 1. The van der Waals surface area contributed by atoms with E-state index in [-0.39, 0.29) is 10.9 Å². The maximum atomic E-state index is 12.6. The van der Waals surface area contributed by atoms with Crippen LogP contribution in [-0.2, 0) is 4.79 Å². The van der Waals surface area contributed by atoms with E-state index >= 15 is 0 Å². The zero-order valence-electron chi connectivity index (χ0n) is 10.7. The minimum absolute atomic E-state index is 0.133. The van der Waals surface area contributed by atoms with Crippen LogP contribution in [-0.4, -0.2) is 10.9 Å². The van der Waals surface area contributed by atoms with Gasteiger partial charge in [0.1, 0.15) is 0 Å².